The van der Waals surface area contributed by atoms with Gasteiger partial charge in [-0.2, -0.15) is 0 Å². The molecule has 0 aromatic heterocycles. The third-order valence-electron chi connectivity index (χ3n) is 5.99. The molecule has 4 rings (SSSR count). The standard InChI is InChI=1S/C26H24Cl4N2O2/c1-34-16-22-14-32(24-10-9-21(29)13-23(24)30)25(18-5-7-19(27)8-6-18)15-31(22)26(33)12-17-3-2-4-20(28)11-17/h2-11,13,22,25H,12,14-16H2,1H3/t22-,25-/m1/s1. The zero-order valence-corrected chi connectivity index (χ0v) is 21.6. The van der Waals surface area contributed by atoms with Crippen LogP contribution in [0.3, 0.4) is 0 Å². The fourth-order valence-corrected chi connectivity index (χ4v) is 5.26. The first-order chi connectivity index (χ1) is 16.4. The molecule has 0 unspecified atom stereocenters. The van der Waals surface area contributed by atoms with Crippen molar-refractivity contribution >= 4 is 58.0 Å². The number of anilines is 1. The highest BCUT2D eigenvalue weighted by Crippen LogP contribution is 2.38. The highest BCUT2D eigenvalue weighted by atomic mass is 35.5. The van der Waals surface area contributed by atoms with E-state index < -0.39 is 0 Å². The van der Waals surface area contributed by atoms with Crippen LogP contribution in [0.1, 0.15) is 17.2 Å². The molecule has 1 heterocycles. The summed E-state index contributed by atoms with van der Waals surface area (Å²) in [4.78, 5) is 17.6. The lowest BCUT2D eigenvalue weighted by molar-refractivity contribution is -0.135. The highest BCUT2D eigenvalue weighted by Gasteiger charge is 2.38. The molecule has 2 atom stereocenters. The summed E-state index contributed by atoms with van der Waals surface area (Å²) >= 11 is 25.1. The van der Waals surface area contributed by atoms with Gasteiger partial charge in [-0.25, -0.2) is 0 Å². The number of ether oxygens (including phenoxy) is 1. The lowest BCUT2D eigenvalue weighted by Crippen LogP contribution is -2.58. The predicted molar refractivity (Wildman–Crippen MR) is 141 cm³/mol. The third-order valence-corrected chi connectivity index (χ3v) is 7.02. The Hall–Kier alpha value is -1.95. The van der Waals surface area contributed by atoms with Gasteiger partial charge in [0.05, 0.1) is 35.8 Å². The van der Waals surface area contributed by atoms with Gasteiger partial charge in [0.25, 0.3) is 0 Å². The second-order valence-corrected chi connectivity index (χ2v) is 9.99. The minimum atomic E-state index is -0.160. The first-order valence-electron chi connectivity index (χ1n) is 10.9. The monoisotopic (exact) mass is 536 g/mol. The van der Waals surface area contributed by atoms with Crippen LogP contribution in [0.25, 0.3) is 0 Å². The number of piperazine rings is 1. The Morgan fingerprint density at radius 3 is 2.29 bits per heavy atom. The van der Waals surface area contributed by atoms with E-state index in [-0.39, 0.29) is 24.4 Å². The zero-order valence-electron chi connectivity index (χ0n) is 18.6. The number of amides is 1. The molecule has 0 bridgehead atoms. The molecular formula is C26H24Cl4N2O2. The molecule has 0 spiro atoms. The van der Waals surface area contributed by atoms with Gasteiger partial charge in [-0.3, -0.25) is 4.79 Å². The molecule has 3 aromatic rings. The van der Waals surface area contributed by atoms with E-state index in [0.717, 1.165) is 16.8 Å². The molecule has 4 nitrogen and oxygen atoms in total. The highest BCUT2D eigenvalue weighted by molar-refractivity contribution is 6.36. The van der Waals surface area contributed by atoms with Crippen molar-refractivity contribution in [2.24, 2.45) is 0 Å². The largest absolute Gasteiger partial charge is 0.382 e. The molecule has 8 heteroatoms. The van der Waals surface area contributed by atoms with E-state index in [4.69, 9.17) is 51.1 Å². The Bertz CT molecular complexity index is 1160. The van der Waals surface area contributed by atoms with Crippen LogP contribution in [-0.4, -0.2) is 43.7 Å². The van der Waals surface area contributed by atoms with Crippen molar-refractivity contribution in [2.45, 2.75) is 18.5 Å². The van der Waals surface area contributed by atoms with Crippen molar-refractivity contribution in [2.75, 3.05) is 31.7 Å². The van der Waals surface area contributed by atoms with Crippen LogP contribution >= 0.6 is 46.4 Å². The maximum Gasteiger partial charge on any atom is 0.227 e. The number of carbonyl (C=O) groups is 1. The molecule has 3 aromatic carbocycles. The van der Waals surface area contributed by atoms with Gasteiger partial charge < -0.3 is 14.5 Å². The normalized spacial score (nSPS) is 18.3. The Balaban J connectivity index is 1.70. The molecule has 1 aliphatic heterocycles. The summed E-state index contributed by atoms with van der Waals surface area (Å²) in [6.45, 7) is 1.41. The SMILES string of the molecule is COC[C@H]1CN(c2ccc(Cl)cc2Cl)[C@@H](c2ccc(Cl)cc2)CN1C(=O)Cc1cccc(Cl)c1. The molecule has 1 aliphatic rings. The minimum Gasteiger partial charge on any atom is -0.382 e. The zero-order chi connectivity index (χ0) is 24.2. The summed E-state index contributed by atoms with van der Waals surface area (Å²) in [5, 5.41) is 2.39. The van der Waals surface area contributed by atoms with Crippen LogP contribution in [0.15, 0.2) is 66.7 Å². The number of halogens is 4. The van der Waals surface area contributed by atoms with Crippen LogP contribution in [0.2, 0.25) is 20.1 Å². The molecule has 1 amide bonds. The van der Waals surface area contributed by atoms with Crippen LogP contribution in [0.5, 0.6) is 0 Å². The number of benzene rings is 3. The van der Waals surface area contributed by atoms with Crippen LogP contribution in [0, 0.1) is 0 Å². The van der Waals surface area contributed by atoms with Crippen LogP contribution in [0.4, 0.5) is 5.69 Å². The Kier molecular flexibility index (Phi) is 8.28. The molecule has 0 saturated carbocycles. The van der Waals surface area contributed by atoms with E-state index in [1.54, 1.807) is 19.2 Å². The van der Waals surface area contributed by atoms with E-state index in [9.17, 15) is 4.79 Å². The van der Waals surface area contributed by atoms with Crippen molar-refractivity contribution in [3.63, 3.8) is 0 Å². The summed E-state index contributed by atoms with van der Waals surface area (Å²) in [6.07, 6.45) is 0.260. The van der Waals surface area contributed by atoms with Crippen molar-refractivity contribution in [3.8, 4) is 0 Å². The van der Waals surface area contributed by atoms with E-state index >= 15 is 0 Å². The summed E-state index contributed by atoms with van der Waals surface area (Å²) in [5.74, 6) is 0.0186. The lowest BCUT2D eigenvalue weighted by Gasteiger charge is -2.48. The second-order valence-electron chi connectivity index (χ2n) is 8.28. The van der Waals surface area contributed by atoms with Gasteiger partial charge in [-0.1, -0.05) is 70.7 Å². The Morgan fingerprint density at radius 2 is 1.62 bits per heavy atom. The number of hydrogen-bond donors (Lipinski definition) is 0. The van der Waals surface area contributed by atoms with Gasteiger partial charge in [0.1, 0.15) is 0 Å². The van der Waals surface area contributed by atoms with Gasteiger partial charge in [0.2, 0.25) is 5.91 Å². The fraction of sp³-hybridized carbons (Fsp3) is 0.269. The molecule has 1 fully saturated rings. The Labute approximate surface area is 219 Å². The lowest BCUT2D eigenvalue weighted by atomic mass is 9.97. The van der Waals surface area contributed by atoms with Gasteiger partial charge in [-0.05, 0) is 53.6 Å². The number of carbonyl (C=O) groups excluding carboxylic acids is 1. The first kappa shape index (κ1) is 25.2. The average molecular weight is 538 g/mol. The molecular weight excluding hydrogens is 514 g/mol. The van der Waals surface area contributed by atoms with Gasteiger partial charge in [0.15, 0.2) is 0 Å². The van der Waals surface area contributed by atoms with E-state index in [2.05, 4.69) is 4.90 Å². The first-order valence-corrected chi connectivity index (χ1v) is 12.4. The minimum absolute atomic E-state index is 0.0186. The number of nitrogens with zero attached hydrogens (tertiary/aromatic N) is 2. The molecule has 0 N–H and O–H groups in total. The maximum absolute atomic E-state index is 13.5. The summed E-state index contributed by atoms with van der Waals surface area (Å²) in [5.41, 5.74) is 2.76. The summed E-state index contributed by atoms with van der Waals surface area (Å²) in [7, 11) is 1.64. The molecule has 1 saturated heterocycles. The molecule has 0 aliphatic carbocycles. The second kappa shape index (κ2) is 11.2. The van der Waals surface area contributed by atoms with E-state index in [0.29, 0.717) is 39.8 Å². The quantitative estimate of drug-likeness (QED) is 0.341. The van der Waals surface area contributed by atoms with Gasteiger partial charge in [0, 0.05) is 35.3 Å². The van der Waals surface area contributed by atoms with Crippen LogP contribution < -0.4 is 4.90 Å². The summed E-state index contributed by atoms with van der Waals surface area (Å²) in [6, 6.07) is 20.3. The third kappa shape index (κ3) is 5.81. The maximum atomic E-state index is 13.5. The van der Waals surface area contributed by atoms with Crippen LogP contribution in [-0.2, 0) is 16.0 Å². The van der Waals surface area contributed by atoms with Crippen molar-refractivity contribution in [1.82, 2.24) is 4.90 Å². The molecule has 0 radical (unpaired) electrons. The molecule has 178 valence electrons. The van der Waals surface area contributed by atoms with Gasteiger partial charge >= 0.3 is 0 Å². The predicted octanol–water partition coefficient (Wildman–Crippen LogP) is 6.95. The van der Waals surface area contributed by atoms with E-state index in [1.807, 2.05) is 59.5 Å². The van der Waals surface area contributed by atoms with Gasteiger partial charge in [-0.15, -0.1) is 0 Å². The van der Waals surface area contributed by atoms with Crippen molar-refractivity contribution in [1.29, 1.82) is 0 Å². The molecule has 34 heavy (non-hydrogen) atoms. The average Bonchev–Trinajstić information content (AvgIpc) is 2.80. The fourth-order valence-electron chi connectivity index (χ4n) is 4.40. The van der Waals surface area contributed by atoms with Crippen molar-refractivity contribution < 1.29 is 9.53 Å². The Morgan fingerprint density at radius 1 is 0.912 bits per heavy atom. The topological polar surface area (TPSA) is 32.8 Å². The summed E-state index contributed by atoms with van der Waals surface area (Å²) < 4.78 is 5.51. The number of hydrogen-bond acceptors (Lipinski definition) is 3. The smallest absolute Gasteiger partial charge is 0.227 e. The van der Waals surface area contributed by atoms with Crippen molar-refractivity contribution in [3.05, 3.63) is 97.9 Å². The number of methoxy groups -OCH3 is 1. The van der Waals surface area contributed by atoms with E-state index in [1.165, 1.54) is 0 Å². The number of rotatable bonds is 6.